The molecule has 1 saturated carbocycles. The van der Waals surface area contributed by atoms with Crippen LogP contribution in [0.15, 0.2) is 24.3 Å². The van der Waals surface area contributed by atoms with Crippen LogP contribution >= 0.6 is 0 Å². The van der Waals surface area contributed by atoms with Crippen LogP contribution in [-0.2, 0) is 15.7 Å². The number of carbonyl (C=O) groups excluding carboxylic acids is 2. The topological polar surface area (TPSA) is 82.1 Å². The van der Waals surface area contributed by atoms with Crippen molar-refractivity contribution in [2.45, 2.75) is 45.0 Å². The molecule has 0 spiro atoms. The van der Waals surface area contributed by atoms with Crippen LogP contribution in [-0.4, -0.2) is 72.8 Å². The minimum absolute atomic E-state index is 0.0832. The highest BCUT2D eigenvalue weighted by molar-refractivity contribution is 5.89. The fourth-order valence-electron chi connectivity index (χ4n) is 3.42. The maximum atomic E-state index is 12.8. The van der Waals surface area contributed by atoms with Gasteiger partial charge in [0.25, 0.3) is 0 Å². The number of carbonyl (C=O) groups is 2. The molecule has 1 aromatic carbocycles. The molecule has 10 heteroatoms. The first-order valence-corrected chi connectivity index (χ1v) is 10.6. The Bertz CT molecular complexity index is 769. The Morgan fingerprint density at radius 1 is 1.19 bits per heavy atom. The zero-order valence-electron chi connectivity index (χ0n) is 18.9. The first kappa shape index (κ1) is 25.9. The summed E-state index contributed by atoms with van der Waals surface area (Å²) < 4.78 is 43.8. The maximum Gasteiger partial charge on any atom is 0.416 e. The van der Waals surface area contributed by atoms with Crippen molar-refractivity contribution in [3.8, 4) is 0 Å². The largest absolute Gasteiger partial charge is 0.416 e. The molecule has 0 aromatic heterocycles. The first-order chi connectivity index (χ1) is 15.0. The number of aliphatic hydroxyl groups excluding tert-OH is 1. The number of aliphatic hydroxyl groups is 1. The van der Waals surface area contributed by atoms with Crippen LogP contribution in [0, 0.1) is 11.8 Å². The number of anilines is 1. The number of halogens is 3. The summed E-state index contributed by atoms with van der Waals surface area (Å²) in [6.45, 7) is 3.85. The molecule has 0 bridgehead atoms. The molecule has 3 atom stereocenters. The lowest BCUT2D eigenvalue weighted by molar-refractivity contribution is -0.137. The minimum Gasteiger partial charge on any atom is -0.394 e. The molecule has 0 heterocycles. The monoisotopic (exact) mass is 459 g/mol. The summed E-state index contributed by atoms with van der Waals surface area (Å²) in [5.41, 5.74) is -0.596. The van der Waals surface area contributed by atoms with Crippen molar-refractivity contribution < 1.29 is 32.6 Å². The normalized spacial score (nSPS) is 16.8. The van der Waals surface area contributed by atoms with Crippen molar-refractivity contribution >= 4 is 17.6 Å². The summed E-state index contributed by atoms with van der Waals surface area (Å²) in [7, 11) is 3.27. The van der Waals surface area contributed by atoms with Crippen LogP contribution in [0.4, 0.5) is 23.7 Å². The quantitative estimate of drug-likeness (QED) is 0.562. The second kappa shape index (κ2) is 11.0. The molecule has 7 nitrogen and oxygen atoms in total. The average molecular weight is 460 g/mol. The number of likely N-dealkylation sites (N-methyl/N-ethyl adjacent to an activating group) is 1. The highest BCUT2D eigenvalue weighted by Gasteiger charge is 2.34. The number of urea groups is 1. The van der Waals surface area contributed by atoms with Gasteiger partial charge in [0.2, 0.25) is 5.91 Å². The van der Waals surface area contributed by atoms with Gasteiger partial charge in [-0.2, -0.15) is 13.2 Å². The highest BCUT2D eigenvalue weighted by Crippen LogP contribution is 2.31. The van der Waals surface area contributed by atoms with Crippen LogP contribution in [0.1, 0.15) is 32.3 Å². The lowest BCUT2D eigenvalue weighted by Gasteiger charge is -2.34. The second-order valence-electron chi connectivity index (χ2n) is 8.43. The SMILES string of the molecule is CO[C@@H](CN(C)C(=O)C1CC1)[C@H](C)CN(C(=O)Nc1ccc(C(F)(F)F)cc1)[C@@H](C)CO. The standard InChI is InChI=1S/C22H32F3N3O4/c1-14(19(32-4)12-27(3)20(30)16-5-6-16)11-28(15(2)13-29)21(31)26-18-9-7-17(8-10-18)22(23,24)25/h7-10,14-16,19,29H,5-6,11-13H2,1-4H3,(H,26,31)/t14-,15+,19+/m1/s1. The molecule has 0 saturated heterocycles. The zero-order chi connectivity index (χ0) is 24.1. The summed E-state index contributed by atoms with van der Waals surface area (Å²) in [6, 6.07) is 3.08. The number of hydrogen-bond donors (Lipinski definition) is 2. The predicted molar refractivity (Wildman–Crippen MR) is 114 cm³/mol. The summed E-state index contributed by atoms with van der Waals surface area (Å²) in [4.78, 5) is 28.1. The summed E-state index contributed by atoms with van der Waals surface area (Å²) in [5, 5.41) is 12.2. The molecule has 0 unspecified atom stereocenters. The molecule has 32 heavy (non-hydrogen) atoms. The maximum absolute atomic E-state index is 12.8. The number of alkyl halides is 3. The summed E-state index contributed by atoms with van der Waals surface area (Å²) >= 11 is 0. The molecule has 1 fully saturated rings. The average Bonchev–Trinajstić information content (AvgIpc) is 3.59. The van der Waals surface area contributed by atoms with Crippen LogP contribution in [0.25, 0.3) is 0 Å². The lowest BCUT2D eigenvalue weighted by Crippen LogP contribution is -2.49. The third-order valence-corrected chi connectivity index (χ3v) is 5.70. The smallest absolute Gasteiger partial charge is 0.394 e. The number of ether oxygens (including phenoxy) is 1. The van der Waals surface area contributed by atoms with Crippen molar-refractivity contribution in [3.05, 3.63) is 29.8 Å². The molecule has 1 aliphatic rings. The predicted octanol–water partition coefficient (Wildman–Crippen LogP) is 3.44. The molecule has 0 aliphatic heterocycles. The summed E-state index contributed by atoms with van der Waals surface area (Å²) in [6.07, 6.45) is -2.99. The minimum atomic E-state index is -4.46. The zero-order valence-corrected chi connectivity index (χ0v) is 18.9. The number of rotatable bonds is 10. The van der Waals surface area contributed by atoms with E-state index >= 15 is 0 Å². The number of amides is 3. The highest BCUT2D eigenvalue weighted by atomic mass is 19.4. The number of hydrogen-bond acceptors (Lipinski definition) is 4. The van der Waals surface area contributed by atoms with Crippen molar-refractivity contribution in [2.75, 3.05) is 39.2 Å². The van der Waals surface area contributed by atoms with Crippen molar-refractivity contribution in [1.82, 2.24) is 9.80 Å². The Balaban J connectivity index is 2.04. The third-order valence-electron chi connectivity index (χ3n) is 5.70. The number of methoxy groups -OCH3 is 1. The second-order valence-corrected chi connectivity index (χ2v) is 8.43. The Morgan fingerprint density at radius 2 is 1.78 bits per heavy atom. The van der Waals surface area contributed by atoms with Gasteiger partial charge in [-0.1, -0.05) is 6.92 Å². The van der Waals surface area contributed by atoms with Gasteiger partial charge < -0.3 is 25.0 Å². The van der Waals surface area contributed by atoms with Crippen LogP contribution in [0.5, 0.6) is 0 Å². The fraction of sp³-hybridized carbons (Fsp3) is 0.636. The van der Waals surface area contributed by atoms with Crippen LogP contribution < -0.4 is 5.32 Å². The van der Waals surface area contributed by atoms with Crippen LogP contribution in [0.3, 0.4) is 0 Å². The van der Waals surface area contributed by atoms with Gasteiger partial charge >= 0.3 is 12.2 Å². The molecule has 180 valence electrons. The number of nitrogens with zero attached hydrogens (tertiary/aromatic N) is 2. The van der Waals surface area contributed by atoms with Gasteiger partial charge in [0.05, 0.1) is 24.3 Å². The van der Waals surface area contributed by atoms with Gasteiger partial charge in [-0.25, -0.2) is 4.79 Å². The van der Waals surface area contributed by atoms with Gasteiger partial charge in [0, 0.05) is 44.8 Å². The molecular formula is C22H32F3N3O4. The Kier molecular flexibility index (Phi) is 8.91. The molecule has 3 amide bonds. The van der Waals surface area contributed by atoms with E-state index in [-0.39, 0.29) is 42.7 Å². The van der Waals surface area contributed by atoms with E-state index in [1.807, 2.05) is 6.92 Å². The molecule has 1 aromatic rings. The van der Waals surface area contributed by atoms with E-state index in [9.17, 15) is 27.9 Å². The first-order valence-electron chi connectivity index (χ1n) is 10.6. The van der Waals surface area contributed by atoms with Crippen molar-refractivity contribution in [1.29, 1.82) is 0 Å². The van der Waals surface area contributed by atoms with E-state index in [4.69, 9.17) is 4.74 Å². The van der Waals surface area contributed by atoms with Gasteiger partial charge in [-0.15, -0.1) is 0 Å². The Labute approximate surface area is 186 Å². The molecular weight excluding hydrogens is 427 g/mol. The molecule has 0 radical (unpaired) electrons. The van der Waals surface area contributed by atoms with Gasteiger partial charge in [0.1, 0.15) is 0 Å². The lowest BCUT2D eigenvalue weighted by atomic mass is 10.0. The Morgan fingerprint density at radius 3 is 2.25 bits per heavy atom. The van der Waals surface area contributed by atoms with Gasteiger partial charge in [0.15, 0.2) is 0 Å². The number of benzene rings is 1. The molecule has 2 rings (SSSR count). The Hall–Kier alpha value is -2.33. The fourth-order valence-corrected chi connectivity index (χ4v) is 3.42. The van der Waals surface area contributed by atoms with Crippen molar-refractivity contribution in [2.24, 2.45) is 11.8 Å². The number of nitrogens with one attached hydrogen (secondary N) is 1. The molecule has 1 aliphatic carbocycles. The van der Waals surface area contributed by atoms with E-state index in [1.54, 1.807) is 26.0 Å². The van der Waals surface area contributed by atoms with E-state index in [0.717, 1.165) is 25.0 Å². The third kappa shape index (κ3) is 7.09. The van der Waals surface area contributed by atoms with Crippen molar-refractivity contribution in [3.63, 3.8) is 0 Å². The summed E-state index contributed by atoms with van der Waals surface area (Å²) in [5.74, 6) is -0.00470. The van der Waals surface area contributed by atoms with E-state index in [2.05, 4.69) is 5.32 Å². The van der Waals surface area contributed by atoms with E-state index in [1.165, 1.54) is 17.0 Å². The van der Waals surface area contributed by atoms with E-state index in [0.29, 0.717) is 6.54 Å². The van der Waals surface area contributed by atoms with E-state index < -0.39 is 23.8 Å². The molecule has 2 N–H and O–H groups in total. The van der Waals surface area contributed by atoms with Gasteiger partial charge in [-0.3, -0.25) is 4.79 Å². The van der Waals surface area contributed by atoms with Crippen LogP contribution in [0.2, 0.25) is 0 Å². The van der Waals surface area contributed by atoms with Gasteiger partial charge in [-0.05, 0) is 44.0 Å².